The molecule has 1 aromatic heterocycles. The van der Waals surface area contributed by atoms with Crippen molar-refractivity contribution in [3.05, 3.63) is 63.8 Å². The van der Waals surface area contributed by atoms with Crippen molar-refractivity contribution in [1.29, 1.82) is 0 Å². The molecule has 0 spiro atoms. The number of hydrogen-bond acceptors (Lipinski definition) is 2. The Kier molecular flexibility index (Phi) is 3.55. The molecular weight excluding hydrogens is 330 g/mol. The monoisotopic (exact) mass is 343 g/mol. The van der Waals surface area contributed by atoms with Crippen LogP contribution >= 0.6 is 15.9 Å². The lowest BCUT2D eigenvalue weighted by Gasteiger charge is -2.07. The summed E-state index contributed by atoms with van der Waals surface area (Å²) in [5.41, 5.74) is 3.62. The fourth-order valence-corrected chi connectivity index (χ4v) is 2.55. The van der Waals surface area contributed by atoms with Crippen LogP contribution in [-0.2, 0) is 0 Å². The van der Waals surface area contributed by atoms with Crippen molar-refractivity contribution in [3.63, 3.8) is 0 Å². The van der Waals surface area contributed by atoms with Crippen LogP contribution in [-0.4, -0.2) is 5.91 Å². The summed E-state index contributed by atoms with van der Waals surface area (Å²) in [6, 6.07) is 13.4. The van der Waals surface area contributed by atoms with Gasteiger partial charge in [-0.1, -0.05) is 33.6 Å². The fraction of sp³-hybridized carbons (Fsp3) is 0.118. The number of furan rings is 1. The third-order valence-corrected chi connectivity index (χ3v) is 3.84. The number of amides is 1. The summed E-state index contributed by atoms with van der Waals surface area (Å²) in [6.07, 6.45) is 0. The van der Waals surface area contributed by atoms with E-state index in [1.807, 2.05) is 50.2 Å². The number of rotatable bonds is 2. The minimum absolute atomic E-state index is 0.245. The number of carbonyl (C=O) groups excluding carboxylic acids is 1. The second kappa shape index (κ2) is 5.37. The van der Waals surface area contributed by atoms with E-state index >= 15 is 0 Å². The van der Waals surface area contributed by atoms with Gasteiger partial charge in [0.05, 0.1) is 0 Å². The van der Waals surface area contributed by atoms with Gasteiger partial charge in [-0.05, 0) is 49.7 Å². The van der Waals surface area contributed by atoms with E-state index in [1.165, 1.54) is 0 Å². The van der Waals surface area contributed by atoms with Crippen LogP contribution in [0.4, 0.5) is 5.69 Å². The predicted octanol–water partition coefficient (Wildman–Crippen LogP) is 5.06. The van der Waals surface area contributed by atoms with Crippen molar-refractivity contribution >= 4 is 38.5 Å². The predicted molar refractivity (Wildman–Crippen MR) is 87.8 cm³/mol. The Morgan fingerprint density at radius 3 is 2.71 bits per heavy atom. The summed E-state index contributed by atoms with van der Waals surface area (Å²) in [4.78, 5) is 12.3. The minimum atomic E-state index is -0.245. The normalized spacial score (nSPS) is 10.8. The van der Waals surface area contributed by atoms with Crippen molar-refractivity contribution in [3.8, 4) is 0 Å². The molecule has 0 unspecified atom stereocenters. The van der Waals surface area contributed by atoms with E-state index in [2.05, 4.69) is 21.2 Å². The molecule has 0 saturated heterocycles. The highest BCUT2D eigenvalue weighted by Crippen LogP contribution is 2.24. The molecule has 0 bridgehead atoms. The van der Waals surface area contributed by atoms with E-state index < -0.39 is 0 Å². The first-order valence-electron chi connectivity index (χ1n) is 6.60. The molecule has 1 amide bonds. The third kappa shape index (κ3) is 2.85. The van der Waals surface area contributed by atoms with Crippen molar-refractivity contribution in [1.82, 2.24) is 0 Å². The lowest BCUT2D eigenvalue weighted by atomic mass is 10.2. The second-order valence-electron chi connectivity index (χ2n) is 5.07. The molecule has 0 fully saturated rings. The van der Waals surface area contributed by atoms with E-state index in [0.29, 0.717) is 5.76 Å². The number of anilines is 1. The van der Waals surface area contributed by atoms with E-state index in [4.69, 9.17) is 4.42 Å². The maximum absolute atomic E-state index is 12.3. The molecule has 1 N–H and O–H groups in total. The number of nitrogens with one attached hydrogen (secondary N) is 1. The van der Waals surface area contributed by atoms with Crippen LogP contribution in [0.2, 0.25) is 0 Å². The van der Waals surface area contributed by atoms with Gasteiger partial charge in [0, 0.05) is 15.5 Å². The van der Waals surface area contributed by atoms with Gasteiger partial charge >= 0.3 is 0 Å². The van der Waals surface area contributed by atoms with Crippen LogP contribution in [0.3, 0.4) is 0 Å². The van der Waals surface area contributed by atoms with Gasteiger partial charge < -0.3 is 9.73 Å². The highest BCUT2D eigenvalue weighted by atomic mass is 79.9. The second-order valence-corrected chi connectivity index (χ2v) is 5.98. The summed E-state index contributed by atoms with van der Waals surface area (Å²) < 4.78 is 6.52. The molecule has 4 heteroatoms. The number of fused-ring (bicyclic) bond motifs is 1. The Morgan fingerprint density at radius 1 is 1.10 bits per heavy atom. The molecule has 1 heterocycles. The molecule has 3 rings (SSSR count). The van der Waals surface area contributed by atoms with Gasteiger partial charge in [-0.25, -0.2) is 0 Å². The van der Waals surface area contributed by atoms with Gasteiger partial charge in [-0.15, -0.1) is 0 Å². The lowest BCUT2D eigenvalue weighted by molar-refractivity contribution is 0.0998. The van der Waals surface area contributed by atoms with E-state index in [-0.39, 0.29) is 5.91 Å². The smallest absolute Gasteiger partial charge is 0.291 e. The number of hydrogen-bond donors (Lipinski definition) is 1. The third-order valence-electron chi connectivity index (χ3n) is 3.34. The highest BCUT2D eigenvalue weighted by Gasteiger charge is 2.13. The zero-order valence-electron chi connectivity index (χ0n) is 11.7. The van der Waals surface area contributed by atoms with Crippen LogP contribution in [0.15, 0.2) is 51.4 Å². The molecule has 3 aromatic rings. The number of carbonyl (C=O) groups is 1. The molecule has 0 aliphatic heterocycles. The van der Waals surface area contributed by atoms with Gasteiger partial charge in [0.25, 0.3) is 5.91 Å². The van der Waals surface area contributed by atoms with Crippen LogP contribution in [0.1, 0.15) is 21.7 Å². The zero-order chi connectivity index (χ0) is 15.0. The Bertz CT molecular complexity index is 836. The Hall–Kier alpha value is -2.07. The highest BCUT2D eigenvalue weighted by molar-refractivity contribution is 9.10. The summed E-state index contributed by atoms with van der Waals surface area (Å²) in [7, 11) is 0. The van der Waals surface area contributed by atoms with Gasteiger partial charge in [0.1, 0.15) is 5.58 Å². The van der Waals surface area contributed by atoms with Crippen molar-refractivity contribution < 1.29 is 9.21 Å². The first kappa shape index (κ1) is 13.9. The minimum Gasteiger partial charge on any atom is -0.451 e. The summed E-state index contributed by atoms with van der Waals surface area (Å²) in [5.74, 6) is 0.0695. The first-order valence-corrected chi connectivity index (χ1v) is 7.40. The number of benzene rings is 2. The van der Waals surface area contributed by atoms with Crippen molar-refractivity contribution in [2.75, 3.05) is 5.32 Å². The average Bonchev–Trinajstić information content (AvgIpc) is 2.86. The van der Waals surface area contributed by atoms with E-state index in [9.17, 15) is 4.79 Å². The summed E-state index contributed by atoms with van der Waals surface area (Å²) in [5, 5.41) is 3.82. The van der Waals surface area contributed by atoms with Crippen LogP contribution in [0, 0.1) is 13.8 Å². The van der Waals surface area contributed by atoms with Crippen LogP contribution < -0.4 is 5.32 Å². The number of aryl methyl sites for hydroxylation is 2. The number of halogens is 1. The van der Waals surface area contributed by atoms with Gasteiger partial charge in [0.2, 0.25) is 0 Å². The van der Waals surface area contributed by atoms with E-state index in [0.717, 1.165) is 32.3 Å². The lowest BCUT2D eigenvalue weighted by Crippen LogP contribution is -2.11. The largest absolute Gasteiger partial charge is 0.451 e. The van der Waals surface area contributed by atoms with Gasteiger partial charge in [-0.3, -0.25) is 4.79 Å². The average molecular weight is 344 g/mol. The quantitative estimate of drug-likeness (QED) is 0.706. The Labute approximate surface area is 131 Å². The standard InChI is InChI=1S/C17H14BrNO2/c1-10-3-6-15-12(7-10)8-16(21-15)17(20)19-14-9-13(18)5-4-11(14)2/h3-9H,1-2H3,(H,19,20). The maximum Gasteiger partial charge on any atom is 0.291 e. The summed E-state index contributed by atoms with van der Waals surface area (Å²) >= 11 is 3.40. The molecular formula is C17H14BrNO2. The molecule has 0 saturated carbocycles. The summed E-state index contributed by atoms with van der Waals surface area (Å²) in [6.45, 7) is 3.96. The van der Waals surface area contributed by atoms with E-state index in [1.54, 1.807) is 6.07 Å². The molecule has 0 aliphatic rings. The topological polar surface area (TPSA) is 42.2 Å². The molecule has 3 nitrogen and oxygen atoms in total. The van der Waals surface area contributed by atoms with Gasteiger partial charge in [0.15, 0.2) is 5.76 Å². The zero-order valence-corrected chi connectivity index (χ0v) is 13.3. The molecule has 21 heavy (non-hydrogen) atoms. The Morgan fingerprint density at radius 2 is 1.90 bits per heavy atom. The molecule has 0 aliphatic carbocycles. The maximum atomic E-state index is 12.3. The first-order chi connectivity index (χ1) is 10.0. The van der Waals surface area contributed by atoms with Crippen LogP contribution in [0.25, 0.3) is 11.0 Å². The molecule has 2 aromatic carbocycles. The SMILES string of the molecule is Cc1ccc2oc(C(=O)Nc3cc(Br)ccc3C)cc2c1. The molecule has 0 atom stereocenters. The van der Waals surface area contributed by atoms with Gasteiger partial charge in [-0.2, -0.15) is 0 Å². The fourth-order valence-electron chi connectivity index (χ4n) is 2.19. The van der Waals surface area contributed by atoms with Crippen molar-refractivity contribution in [2.24, 2.45) is 0 Å². The van der Waals surface area contributed by atoms with Crippen LogP contribution in [0.5, 0.6) is 0 Å². The Balaban J connectivity index is 1.91. The molecule has 0 radical (unpaired) electrons. The van der Waals surface area contributed by atoms with Crippen molar-refractivity contribution in [2.45, 2.75) is 13.8 Å². The molecule has 106 valence electrons.